The number of nitrogens with one attached hydrogen (secondary N) is 2. The number of fused-ring (bicyclic) bond motifs is 3. The molecule has 3 rings (SSSR count). The molecular formula is C17H24N2O2. The van der Waals surface area contributed by atoms with Crippen molar-refractivity contribution < 1.29 is 9.53 Å². The Kier molecular flexibility index (Phi) is 3.44. The average Bonchev–Trinajstić information content (AvgIpc) is 2.80. The van der Waals surface area contributed by atoms with Gasteiger partial charge in [-0.2, -0.15) is 0 Å². The van der Waals surface area contributed by atoms with Gasteiger partial charge in [-0.15, -0.1) is 0 Å². The van der Waals surface area contributed by atoms with Gasteiger partial charge in [-0.3, -0.25) is 0 Å². The van der Waals surface area contributed by atoms with Crippen LogP contribution in [0, 0.1) is 0 Å². The standard InChI is InChI=1S/C17H24N2O2/c1-16(2,3)21-15(20)19-17-9-8-12-6-4-5-7-13(12)14(17)10-18-11-17/h4-7,14,18H,8-11H2,1-3H3,(H,19,20). The van der Waals surface area contributed by atoms with Gasteiger partial charge in [-0.05, 0) is 44.7 Å². The normalized spacial score (nSPS) is 27.7. The van der Waals surface area contributed by atoms with E-state index in [2.05, 4.69) is 34.9 Å². The van der Waals surface area contributed by atoms with Crippen LogP contribution in [0.25, 0.3) is 0 Å². The number of aryl methyl sites for hydroxylation is 1. The van der Waals surface area contributed by atoms with Crippen molar-refractivity contribution in [3.63, 3.8) is 0 Å². The van der Waals surface area contributed by atoms with Crippen LogP contribution >= 0.6 is 0 Å². The lowest BCUT2D eigenvalue weighted by molar-refractivity contribution is 0.0444. The Morgan fingerprint density at radius 1 is 1.38 bits per heavy atom. The Balaban J connectivity index is 1.83. The highest BCUT2D eigenvalue weighted by Gasteiger charge is 2.48. The maximum atomic E-state index is 12.2. The number of hydrogen-bond acceptors (Lipinski definition) is 3. The van der Waals surface area contributed by atoms with E-state index in [9.17, 15) is 4.79 Å². The summed E-state index contributed by atoms with van der Waals surface area (Å²) < 4.78 is 5.45. The minimum absolute atomic E-state index is 0.212. The van der Waals surface area contributed by atoms with E-state index >= 15 is 0 Å². The van der Waals surface area contributed by atoms with Gasteiger partial charge in [0.05, 0.1) is 5.54 Å². The molecule has 1 aliphatic heterocycles. The van der Waals surface area contributed by atoms with Gasteiger partial charge in [0.2, 0.25) is 0 Å². The first kappa shape index (κ1) is 14.4. The molecule has 2 unspecified atom stereocenters. The van der Waals surface area contributed by atoms with Crippen molar-refractivity contribution in [2.24, 2.45) is 0 Å². The number of carbonyl (C=O) groups excluding carboxylic acids is 1. The molecule has 4 nitrogen and oxygen atoms in total. The molecule has 0 spiro atoms. The Hall–Kier alpha value is -1.55. The smallest absolute Gasteiger partial charge is 0.408 e. The number of ether oxygens (including phenoxy) is 1. The molecule has 1 fully saturated rings. The van der Waals surface area contributed by atoms with E-state index in [-0.39, 0.29) is 11.6 Å². The van der Waals surface area contributed by atoms with Gasteiger partial charge < -0.3 is 15.4 Å². The van der Waals surface area contributed by atoms with Crippen molar-refractivity contribution >= 4 is 6.09 Å². The third-order valence-corrected chi connectivity index (χ3v) is 4.48. The fourth-order valence-corrected chi connectivity index (χ4v) is 3.59. The molecule has 1 heterocycles. The second-order valence-corrected chi connectivity index (χ2v) is 7.17. The van der Waals surface area contributed by atoms with Crippen molar-refractivity contribution in [2.75, 3.05) is 13.1 Å². The van der Waals surface area contributed by atoms with Crippen molar-refractivity contribution in [2.45, 2.75) is 50.7 Å². The summed E-state index contributed by atoms with van der Waals surface area (Å²) in [6, 6.07) is 8.57. The van der Waals surface area contributed by atoms with Gasteiger partial charge in [0.15, 0.2) is 0 Å². The molecule has 0 bridgehead atoms. The van der Waals surface area contributed by atoms with Crippen LogP contribution in [0.5, 0.6) is 0 Å². The summed E-state index contributed by atoms with van der Waals surface area (Å²) in [6.45, 7) is 7.40. The molecule has 21 heavy (non-hydrogen) atoms. The molecule has 2 atom stereocenters. The molecule has 1 amide bonds. The van der Waals surface area contributed by atoms with E-state index in [1.165, 1.54) is 11.1 Å². The largest absolute Gasteiger partial charge is 0.444 e. The maximum absolute atomic E-state index is 12.2. The molecule has 1 saturated heterocycles. The van der Waals surface area contributed by atoms with Gasteiger partial charge in [0.25, 0.3) is 0 Å². The van der Waals surface area contributed by atoms with Crippen LogP contribution in [0.1, 0.15) is 44.2 Å². The summed E-state index contributed by atoms with van der Waals surface area (Å²) in [7, 11) is 0. The highest BCUT2D eigenvalue weighted by Crippen LogP contribution is 2.41. The number of hydrogen-bond donors (Lipinski definition) is 2. The first-order valence-corrected chi connectivity index (χ1v) is 7.69. The lowest BCUT2D eigenvalue weighted by Crippen LogP contribution is -2.56. The summed E-state index contributed by atoms with van der Waals surface area (Å²) in [4.78, 5) is 12.2. The molecule has 4 heteroatoms. The number of amides is 1. The maximum Gasteiger partial charge on any atom is 0.408 e. The molecule has 2 aliphatic rings. The lowest BCUT2D eigenvalue weighted by Gasteiger charge is -2.40. The summed E-state index contributed by atoms with van der Waals surface area (Å²) >= 11 is 0. The summed E-state index contributed by atoms with van der Waals surface area (Å²) in [5.74, 6) is 0.329. The van der Waals surface area contributed by atoms with Gasteiger partial charge >= 0.3 is 6.09 Å². The summed E-state index contributed by atoms with van der Waals surface area (Å²) in [5, 5.41) is 6.61. The van der Waals surface area contributed by atoms with E-state index in [1.54, 1.807) is 0 Å². The lowest BCUT2D eigenvalue weighted by atomic mass is 9.71. The Labute approximate surface area is 126 Å². The molecule has 1 aliphatic carbocycles. The molecule has 2 N–H and O–H groups in total. The van der Waals surface area contributed by atoms with E-state index in [4.69, 9.17) is 4.74 Å². The molecule has 0 aromatic heterocycles. The van der Waals surface area contributed by atoms with Crippen LogP contribution in [0.15, 0.2) is 24.3 Å². The first-order chi connectivity index (χ1) is 9.90. The van der Waals surface area contributed by atoms with Crippen LogP contribution in [0.4, 0.5) is 4.79 Å². The van der Waals surface area contributed by atoms with E-state index in [0.717, 1.165) is 25.9 Å². The van der Waals surface area contributed by atoms with Gasteiger partial charge in [-0.1, -0.05) is 24.3 Å². The van der Waals surface area contributed by atoms with Crippen molar-refractivity contribution in [1.29, 1.82) is 0 Å². The highest BCUT2D eigenvalue weighted by atomic mass is 16.6. The quantitative estimate of drug-likeness (QED) is 0.835. The number of benzene rings is 1. The zero-order chi connectivity index (χ0) is 15.1. The third-order valence-electron chi connectivity index (χ3n) is 4.48. The van der Waals surface area contributed by atoms with Gasteiger partial charge in [0, 0.05) is 19.0 Å². The first-order valence-electron chi connectivity index (χ1n) is 7.69. The monoisotopic (exact) mass is 288 g/mol. The van der Waals surface area contributed by atoms with Crippen molar-refractivity contribution in [3.8, 4) is 0 Å². The topological polar surface area (TPSA) is 50.4 Å². The Morgan fingerprint density at radius 2 is 2.14 bits per heavy atom. The van der Waals surface area contributed by atoms with Gasteiger partial charge in [-0.25, -0.2) is 4.79 Å². The molecule has 114 valence electrons. The predicted octanol–water partition coefficient (Wildman–Crippen LogP) is 2.58. The second-order valence-electron chi connectivity index (χ2n) is 7.17. The van der Waals surface area contributed by atoms with Crippen LogP contribution in [-0.2, 0) is 11.2 Å². The molecular weight excluding hydrogens is 264 g/mol. The van der Waals surface area contributed by atoms with Crippen molar-refractivity contribution in [1.82, 2.24) is 10.6 Å². The highest BCUT2D eigenvalue weighted by molar-refractivity contribution is 5.69. The van der Waals surface area contributed by atoms with Crippen LogP contribution in [0.2, 0.25) is 0 Å². The third kappa shape index (κ3) is 2.77. The zero-order valence-electron chi connectivity index (χ0n) is 13.0. The summed E-state index contributed by atoms with van der Waals surface area (Å²) in [5.41, 5.74) is 2.10. The number of carbonyl (C=O) groups is 1. The van der Waals surface area contributed by atoms with Crippen molar-refractivity contribution in [3.05, 3.63) is 35.4 Å². The number of rotatable bonds is 1. The van der Waals surface area contributed by atoms with E-state index in [1.807, 2.05) is 20.8 Å². The van der Waals surface area contributed by atoms with Crippen LogP contribution in [0.3, 0.4) is 0 Å². The van der Waals surface area contributed by atoms with E-state index in [0.29, 0.717) is 5.92 Å². The average molecular weight is 288 g/mol. The van der Waals surface area contributed by atoms with Crippen LogP contribution < -0.4 is 10.6 Å². The minimum atomic E-state index is -0.463. The Bertz CT molecular complexity index is 550. The molecule has 0 saturated carbocycles. The van der Waals surface area contributed by atoms with E-state index < -0.39 is 5.60 Å². The SMILES string of the molecule is CC(C)(C)OC(=O)NC12CCc3ccccc3C1CNC2. The Morgan fingerprint density at radius 3 is 2.90 bits per heavy atom. The summed E-state index contributed by atoms with van der Waals surface area (Å²) in [6.07, 6.45) is 1.65. The minimum Gasteiger partial charge on any atom is -0.444 e. The molecule has 0 radical (unpaired) electrons. The van der Waals surface area contributed by atoms with Gasteiger partial charge in [0.1, 0.15) is 5.60 Å². The second kappa shape index (κ2) is 5.02. The zero-order valence-corrected chi connectivity index (χ0v) is 13.0. The number of alkyl carbamates (subject to hydrolysis) is 1. The fraction of sp³-hybridized carbons (Fsp3) is 0.588. The fourth-order valence-electron chi connectivity index (χ4n) is 3.59. The molecule has 1 aromatic carbocycles. The predicted molar refractivity (Wildman–Crippen MR) is 82.5 cm³/mol. The van der Waals surface area contributed by atoms with Crippen LogP contribution in [-0.4, -0.2) is 30.3 Å². The molecule has 1 aromatic rings.